The summed E-state index contributed by atoms with van der Waals surface area (Å²) in [5, 5.41) is 0. The lowest BCUT2D eigenvalue weighted by molar-refractivity contribution is -0.174. The van der Waals surface area contributed by atoms with Crippen LogP contribution in [0.15, 0.2) is 0 Å². The van der Waals surface area contributed by atoms with E-state index < -0.39 is 0 Å². The van der Waals surface area contributed by atoms with E-state index in [9.17, 15) is 0 Å². The van der Waals surface area contributed by atoms with Crippen LogP contribution in [0.3, 0.4) is 0 Å². The molecule has 0 amide bonds. The minimum Gasteiger partial charge on any atom is -0.374 e. The van der Waals surface area contributed by atoms with E-state index in [1.165, 1.54) is 12.8 Å². The Kier molecular flexibility index (Phi) is 0.945. The Morgan fingerprint density at radius 3 is 2.56 bits per heavy atom. The molecule has 2 N–H and O–H groups in total. The van der Waals surface area contributed by atoms with Crippen molar-refractivity contribution in [1.82, 2.24) is 0 Å². The van der Waals surface area contributed by atoms with Gasteiger partial charge in [0.25, 0.3) is 0 Å². The molecular formula is C7H13NO. The number of ether oxygens (including phenoxy) is 1. The van der Waals surface area contributed by atoms with Crippen LogP contribution in [-0.2, 0) is 4.74 Å². The highest BCUT2D eigenvalue weighted by atomic mass is 16.5. The molecular weight excluding hydrogens is 114 g/mol. The maximum atomic E-state index is 5.75. The van der Waals surface area contributed by atoms with E-state index in [2.05, 4.69) is 6.92 Å². The van der Waals surface area contributed by atoms with Crippen LogP contribution in [0.25, 0.3) is 0 Å². The molecule has 1 unspecified atom stereocenters. The maximum Gasteiger partial charge on any atom is 0.0661 e. The van der Waals surface area contributed by atoms with Crippen molar-refractivity contribution >= 4 is 0 Å². The molecule has 2 aliphatic heterocycles. The van der Waals surface area contributed by atoms with Gasteiger partial charge in [0.15, 0.2) is 0 Å². The topological polar surface area (TPSA) is 35.2 Å². The molecule has 3 rings (SSSR count). The lowest BCUT2D eigenvalue weighted by Crippen LogP contribution is -2.58. The molecule has 1 saturated carbocycles. The lowest BCUT2D eigenvalue weighted by atomic mass is 9.66. The van der Waals surface area contributed by atoms with Crippen LogP contribution in [-0.4, -0.2) is 18.2 Å². The average Bonchev–Trinajstić information content (AvgIpc) is 1.73. The first kappa shape index (κ1) is 5.69. The maximum absolute atomic E-state index is 5.75. The predicted molar refractivity (Wildman–Crippen MR) is 35.1 cm³/mol. The minimum atomic E-state index is 0.223. The second kappa shape index (κ2) is 1.50. The Labute approximate surface area is 55.4 Å². The van der Waals surface area contributed by atoms with E-state index in [0.717, 1.165) is 12.5 Å². The van der Waals surface area contributed by atoms with Crippen molar-refractivity contribution in [3.8, 4) is 0 Å². The minimum absolute atomic E-state index is 0.223. The zero-order valence-corrected chi connectivity index (χ0v) is 5.76. The van der Waals surface area contributed by atoms with Crippen molar-refractivity contribution < 1.29 is 4.74 Å². The molecule has 1 atom stereocenters. The Morgan fingerprint density at radius 1 is 1.56 bits per heavy atom. The number of rotatable bonds is 0. The van der Waals surface area contributed by atoms with Crippen molar-refractivity contribution in [2.24, 2.45) is 11.7 Å². The first-order chi connectivity index (χ1) is 4.20. The molecule has 0 spiro atoms. The standard InChI is InChI=1S/C7H13NO/c1-7-2-5(3-7)6(8)4-9-7/h5-6H,2-4,8H2,1H3. The molecule has 3 aliphatic rings. The van der Waals surface area contributed by atoms with E-state index in [0.29, 0.717) is 6.04 Å². The summed E-state index contributed by atoms with van der Waals surface area (Å²) in [5.41, 5.74) is 5.97. The van der Waals surface area contributed by atoms with E-state index in [4.69, 9.17) is 10.5 Å². The zero-order chi connectivity index (χ0) is 6.48. The number of nitrogens with two attached hydrogens (primary N) is 1. The molecule has 2 bridgehead atoms. The molecule has 2 saturated heterocycles. The number of fused-ring (bicyclic) bond motifs is 2. The van der Waals surface area contributed by atoms with Crippen LogP contribution in [0.1, 0.15) is 19.8 Å². The predicted octanol–water partition coefficient (Wildman–Crippen LogP) is 0.513. The third kappa shape index (κ3) is 0.700. The summed E-state index contributed by atoms with van der Waals surface area (Å²) >= 11 is 0. The molecule has 0 radical (unpaired) electrons. The van der Waals surface area contributed by atoms with Crippen molar-refractivity contribution in [1.29, 1.82) is 0 Å². The monoisotopic (exact) mass is 127 g/mol. The van der Waals surface area contributed by atoms with Gasteiger partial charge in [0.1, 0.15) is 0 Å². The Hall–Kier alpha value is -0.0800. The fourth-order valence-corrected chi connectivity index (χ4v) is 1.90. The van der Waals surface area contributed by atoms with Crippen molar-refractivity contribution in [3.63, 3.8) is 0 Å². The summed E-state index contributed by atoms with van der Waals surface area (Å²) < 4.78 is 5.52. The zero-order valence-electron chi connectivity index (χ0n) is 5.76. The highest BCUT2D eigenvalue weighted by Gasteiger charge is 2.48. The summed E-state index contributed by atoms with van der Waals surface area (Å²) in [6.45, 7) is 2.95. The Bertz CT molecular complexity index is 123. The van der Waals surface area contributed by atoms with Gasteiger partial charge in [-0.1, -0.05) is 0 Å². The Morgan fingerprint density at radius 2 is 2.22 bits per heavy atom. The molecule has 1 aliphatic carbocycles. The molecule has 2 heterocycles. The quantitative estimate of drug-likeness (QED) is 0.514. The molecule has 3 fully saturated rings. The molecule has 52 valence electrons. The van der Waals surface area contributed by atoms with Crippen molar-refractivity contribution in [2.75, 3.05) is 6.61 Å². The van der Waals surface area contributed by atoms with Gasteiger partial charge < -0.3 is 10.5 Å². The van der Waals surface area contributed by atoms with E-state index in [1.54, 1.807) is 0 Å². The van der Waals surface area contributed by atoms with Gasteiger partial charge in [0, 0.05) is 6.04 Å². The third-order valence-corrected chi connectivity index (χ3v) is 2.62. The van der Waals surface area contributed by atoms with Gasteiger partial charge in [0.05, 0.1) is 12.2 Å². The van der Waals surface area contributed by atoms with E-state index >= 15 is 0 Å². The molecule has 2 nitrogen and oxygen atoms in total. The second-order valence-electron chi connectivity index (χ2n) is 3.59. The molecule has 2 heteroatoms. The van der Waals surface area contributed by atoms with Crippen LogP contribution in [0.4, 0.5) is 0 Å². The van der Waals surface area contributed by atoms with Gasteiger partial charge in [-0.3, -0.25) is 0 Å². The molecule has 0 aromatic heterocycles. The van der Waals surface area contributed by atoms with Crippen LogP contribution in [0.5, 0.6) is 0 Å². The van der Waals surface area contributed by atoms with Gasteiger partial charge in [-0.2, -0.15) is 0 Å². The van der Waals surface area contributed by atoms with E-state index in [1.807, 2.05) is 0 Å². The largest absolute Gasteiger partial charge is 0.374 e. The van der Waals surface area contributed by atoms with Crippen LogP contribution >= 0.6 is 0 Å². The van der Waals surface area contributed by atoms with Crippen molar-refractivity contribution in [2.45, 2.75) is 31.4 Å². The van der Waals surface area contributed by atoms with Crippen LogP contribution in [0, 0.1) is 5.92 Å². The van der Waals surface area contributed by atoms with Crippen LogP contribution < -0.4 is 5.73 Å². The third-order valence-electron chi connectivity index (χ3n) is 2.62. The highest BCUT2D eigenvalue weighted by molar-refractivity contribution is 5.00. The van der Waals surface area contributed by atoms with E-state index in [-0.39, 0.29) is 5.60 Å². The second-order valence-corrected chi connectivity index (χ2v) is 3.59. The highest BCUT2D eigenvalue weighted by Crippen LogP contribution is 2.45. The fourth-order valence-electron chi connectivity index (χ4n) is 1.90. The van der Waals surface area contributed by atoms with Gasteiger partial charge in [-0.25, -0.2) is 0 Å². The SMILES string of the molecule is CC12CC(C1)C(N)CO2. The van der Waals surface area contributed by atoms with Gasteiger partial charge >= 0.3 is 0 Å². The van der Waals surface area contributed by atoms with Crippen molar-refractivity contribution in [3.05, 3.63) is 0 Å². The summed E-state index contributed by atoms with van der Waals surface area (Å²) in [6, 6.07) is 0.326. The summed E-state index contributed by atoms with van der Waals surface area (Å²) in [5.74, 6) is 0.767. The summed E-state index contributed by atoms with van der Waals surface area (Å²) in [7, 11) is 0. The van der Waals surface area contributed by atoms with Gasteiger partial charge in [-0.15, -0.1) is 0 Å². The van der Waals surface area contributed by atoms with Gasteiger partial charge in [-0.05, 0) is 25.7 Å². The molecule has 0 aromatic carbocycles. The fraction of sp³-hybridized carbons (Fsp3) is 1.00. The summed E-state index contributed by atoms with van der Waals surface area (Å²) in [6.07, 6.45) is 2.38. The normalized spacial score (nSPS) is 56.7. The number of hydrogen-bond acceptors (Lipinski definition) is 2. The molecule has 0 aromatic rings. The average molecular weight is 127 g/mol. The molecule has 9 heavy (non-hydrogen) atoms. The number of hydrogen-bond donors (Lipinski definition) is 1. The van der Waals surface area contributed by atoms with Gasteiger partial charge in [0.2, 0.25) is 0 Å². The first-order valence-corrected chi connectivity index (χ1v) is 3.59. The van der Waals surface area contributed by atoms with Crippen LogP contribution in [0.2, 0.25) is 0 Å². The summed E-state index contributed by atoms with van der Waals surface area (Å²) in [4.78, 5) is 0. The smallest absolute Gasteiger partial charge is 0.0661 e. The Balaban J connectivity index is 2.05. The first-order valence-electron chi connectivity index (χ1n) is 3.59. The lowest BCUT2D eigenvalue weighted by Gasteiger charge is -2.52.